The molecule has 0 fully saturated rings. The van der Waals surface area contributed by atoms with Crippen molar-refractivity contribution in [2.45, 2.75) is 406 Å². The average Bonchev–Trinajstić information content (AvgIpc) is 0.918. The first-order valence-electron chi connectivity index (χ1n) is 52.7. The highest BCUT2D eigenvalue weighted by atomic mass is 16.6. The lowest BCUT2D eigenvalue weighted by molar-refractivity contribution is -0.0670. The molecule has 0 unspecified atom stereocenters. The zero-order chi connectivity index (χ0) is 91.3. The van der Waals surface area contributed by atoms with Gasteiger partial charge < -0.3 is 47.4 Å². The smallest absolute Gasteiger partial charge is 0.118 e. The van der Waals surface area contributed by atoms with Crippen molar-refractivity contribution in [3.8, 4) is 11.5 Å². The maximum Gasteiger partial charge on any atom is 0.118 e. The Morgan fingerprint density at radius 1 is 0.198 bits per heavy atom. The van der Waals surface area contributed by atoms with Gasteiger partial charge in [0.15, 0.2) is 0 Å². The van der Waals surface area contributed by atoms with Gasteiger partial charge in [-0.05, 0) is 193 Å². The van der Waals surface area contributed by atoms with Gasteiger partial charge in [-0.1, -0.05) is 413 Å². The molecule has 0 saturated carbocycles. The van der Waals surface area contributed by atoms with Crippen molar-refractivity contribution < 1.29 is 47.4 Å². The van der Waals surface area contributed by atoms with Gasteiger partial charge in [-0.2, -0.15) is 0 Å². The van der Waals surface area contributed by atoms with Crippen LogP contribution in [0.1, 0.15) is 390 Å². The van der Waals surface area contributed by atoms with E-state index in [1.54, 1.807) is 14.2 Å². The van der Waals surface area contributed by atoms with Crippen molar-refractivity contribution in [2.24, 2.45) is 94.7 Å². The Balaban J connectivity index is 0.941. The Labute approximate surface area is 779 Å². The van der Waals surface area contributed by atoms with E-state index in [0.717, 1.165) is 124 Å². The predicted octanol–water partition coefficient (Wildman–Crippen LogP) is 33.0. The second-order valence-corrected chi connectivity index (χ2v) is 42.0. The third-order valence-electron chi connectivity index (χ3n) is 28.0. The number of benzene rings is 4. The SMILES string of the molecule is COc1ccc(COC[C@@H](C)CCC[C@@H](C)CCC[C@@H](C)CCC[C@@H](C)CCOC[C@@H](COCc2ccccc2)OCC[C@H](C)CCC[C@H](C)CCC[C@H](C)CCC[C@H](C)/C=C/[C@@H](C)CCC[C@@H](C)CCC[C@@H](C)CCC[C@@H](C)CCOC[C@@H](COCc2ccccc2)OCC[C@H](C)CCC[C@H](C)CCC[C@H](C)CCC[C@H](C)COCc2ccc(OC)cc2)cc1. The molecule has 10 heteroatoms. The van der Waals surface area contributed by atoms with Crippen LogP contribution in [-0.2, 0) is 64.3 Å². The normalized spacial score (nSPS) is 16.4. The van der Waals surface area contributed by atoms with E-state index in [9.17, 15) is 0 Å². The first-order chi connectivity index (χ1) is 61.0. The molecule has 0 heterocycles. The quantitative estimate of drug-likeness (QED) is 0.0314. The Bertz CT molecular complexity index is 3050. The van der Waals surface area contributed by atoms with E-state index in [-0.39, 0.29) is 12.2 Å². The Morgan fingerprint density at radius 3 is 0.643 bits per heavy atom. The fourth-order valence-electron chi connectivity index (χ4n) is 18.3. The zero-order valence-electron chi connectivity index (χ0n) is 85.2. The van der Waals surface area contributed by atoms with Gasteiger partial charge in [0.05, 0.1) is 67.1 Å². The van der Waals surface area contributed by atoms with E-state index in [1.165, 1.54) is 253 Å². The van der Waals surface area contributed by atoms with Gasteiger partial charge in [0.2, 0.25) is 0 Å². The van der Waals surface area contributed by atoms with Crippen LogP contribution >= 0.6 is 0 Å². The van der Waals surface area contributed by atoms with Crippen LogP contribution in [0.3, 0.4) is 0 Å². The minimum absolute atomic E-state index is 0.0414. The highest BCUT2D eigenvalue weighted by Gasteiger charge is 2.20. The summed E-state index contributed by atoms with van der Waals surface area (Å²) in [5.41, 5.74) is 4.81. The largest absolute Gasteiger partial charge is 0.497 e. The van der Waals surface area contributed by atoms with Crippen molar-refractivity contribution in [2.75, 3.05) is 80.3 Å². The van der Waals surface area contributed by atoms with Crippen molar-refractivity contribution >= 4 is 0 Å². The molecule has 18 atom stereocenters. The number of allylic oxidation sites excluding steroid dienone is 2. The van der Waals surface area contributed by atoms with Crippen LogP contribution in [-0.4, -0.2) is 92.5 Å². The van der Waals surface area contributed by atoms with Gasteiger partial charge in [-0.3, -0.25) is 0 Å². The van der Waals surface area contributed by atoms with Crippen molar-refractivity contribution in [1.82, 2.24) is 0 Å². The molecule has 0 amide bonds. The molecule has 126 heavy (non-hydrogen) atoms. The molecular weight excluding hydrogens is 1550 g/mol. The highest BCUT2D eigenvalue weighted by molar-refractivity contribution is 5.27. The molecule has 724 valence electrons. The van der Waals surface area contributed by atoms with Crippen LogP contribution in [0, 0.1) is 94.7 Å². The monoisotopic (exact) mass is 1750 g/mol. The molecule has 0 spiro atoms. The van der Waals surface area contributed by atoms with Crippen LogP contribution in [0.5, 0.6) is 11.5 Å². The Morgan fingerprint density at radius 2 is 0.397 bits per heavy atom. The maximum atomic E-state index is 6.54. The highest BCUT2D eigenvalue weighted by Crippen LogP contribution is 2.30. The van der Waals surface area contributed by atoms with Crippen LogP contribution in [0.25, 0.3) is 0 Å². The van der Waals surface area contributed by atoms with E-state index in [1.807, 2.05) is 24.3 Å². The third-order valence-corrected chi connectivity index (χ3v) is 28.0. The summed E-state index contributed by atoms with van der Waals surface area (Å²) in [6.45, 7) is 48.7. The molecule has 4 aromatic rings. The zero-order valence-corrected chi connectivity index (χ0v) is 85.2. The molecule has 0 saturated heterocycles. The maximum absolute atomic E-state index is 6.54. The van der Waals surface area contributed by atoms with Gasteiger partial charge in [-0.15, -0.1) is 0 Å². The molecule has 4 aromatic carbocycles. The first kappa shape index (κ1) is 114. The summed E-state index contributed by atoms with van der Waals surface area (Å²) < 4.78 is 60.8. The predicted molar refractivity (Wildman–Crippen MR) is 539 cm³/mol. The average molecular weight is 1750 g/mol. The summed E-state index contributed by atoms with van der Waals surface area (Å²) in [6.07, 6.45) is 57.3. The number of hydrogen-bond donors (Lipinski definition) is 0. The first-order valence-corrected chi connectivity index (χ1v) is 52.7. The minimum atomic E-state index is -0.0418. The van der Waals surface area contributed by atoms with Crippen LogP contribution in [0.4, 0.5) is 0 Å². The molecule has 0 aliphatic rings. The standard InChI is InChI=1S/C116H200O10/c1-93(37-25-39-95(3)47-31-55-103(11)75-79-119-89-116(92-124-86-110-63-23-20-24-64-110)126-82-78-106(14)58-34-50-98(6)42-28-44-100(8)52-36-60-108(16)84-122-88-112-69-73-114(118-18)74-70-112)45-29-53-101(9)65-66-102(10)54-30-46-94(2)38-26-40-97(5)49-33-57-105(13)77-81-125-115(91-123-85-109-61-21-19-22-62-109)90-120-80-76-104(12)56-32-48-96(4)41-27-43-99(7)51-35-59-107(15)83-121-87-111-67-71-113(117-17)72-68-111/h19-24,61-74,93-108,115-116H,25-60,75-92H2,1-18H3/b66-65+/t93-,94-,95+,96+,97+,98+,99-,100-,101-,102-,103+,104+,105+,106+,107-,108-,115-,116-/m0/s1. The Hall–Kier alpha value is -4.10. The van der Waals surface area contributed by atoms with E-state index in [2.05, 4.69) is 208 Å². The van der Waals surface area contributed by atoms with Crippen molar-refractivity contribution in [3.63, 3.8) is 0 Å². The third kappa shape index (κ3) is 63.9. The summed E-state index contributed by atoms with van der Waals surface area (Å²) in [5, 5.41) is 0. The summed E-state index contributed by atoms with van der Waals surface area (Å²) in [6, 6.07) is 37.4. The van der Waals surface area contributed by atoms with Crippen molar-refractivity contribution in [3.05, 3.63) is 144 Å². The van der Waals surface area contributed by atoms with Crippen molar-refractivity contribution in [1.29, 1.82) is 0 Å². The van der Waals surface area contributed by atoms with E-state index in [0.29, 0.717) is 100 Å². The second kappa shape index (κ2) is 75.3. The van der Waals surface area contributed by atoms with Gasteiger partial charge >= 0.3 is 0 Å². The topological polar surface area (TPSA) is 92.3 Å². The number of rotatable bonds is 86. The lowest BCUT2D eigenvalue weighted by atomic mass is 9.90. The Kier molecular flexibility index (Phi) is 68.3. The van der Waals surface area contributed by atoms with E-state index in [4.69, 9.17) is 47.4 Å². The lowest BCUT2D eigenvalue weighted by Gasteiger charge is -2.21. The minimum Gasteiger partial charge on any atom is -0.497 e. The molecule has 0 aliphatic heterocycles. The summed E-state index contributed by atoms with van der Waals surface area (Å²) >= 11 is 0. The molecule has 0 aliphatic carbocycles. The molecule has 0 N–H and O–H groups in total. The molecule has 4 rings (SSSR count). The van der Waals surface area contributed by atoms with Crippen LogP contribution in [0.15, 0.2) is 121 Å². The van der Waals surface area contributed by atoms with Crippen LogP contribution in [0.2, 0.25) is 0 Å². The van der Waals surface area contributed by atoms with E-state index >= 15 is 0 Å². The molecule has 0 aromatic heterocycles. The molecule has 10 nitrogen and oxygen atoms in total. The van der Waals surface area contributed by atoms with Gasteiger partial charge in [0.1, 0.15) is 23.7 Å². The summed E-state index contributed by atoms with van der Waals surface area (Å²) in [5.74, 6) is 13.5. The molecule has 0 bridgehead atoms. The second-order valence-electron chi connectivity index (χ2n) is 42.0. The number of ether oxygens (including phenoxy) is 10. The number of methoxy groups -OCH3 is 2. The number of hydrogen-bond acceptors (Lipinski definition) is 10. The van der Waals surface area contributed by atoms with Gasteiger partial charge in [0, 0.05) is 39.6 Å². The summed E-state index contributed by atoms with van der Waals surface area (Å²) in [7, 11) is 3.41. The fourth-order valence-corrected chi connectivity index (χ4v) is 18.3. The lowest BCUT2D eigenvalue weighted by Crippen LogP contribution is -2.27. The molecule has 0 radical (unpaired) electrons. The fraction of sp³-hybridized carbons (Fsp3) is 0.776. The van der Waals surface area contributed by atoms with Gasteiger partial charge in [-0.25, -0.2) is 0 Å². The van der Waals surface area contributed by atoms with Gasteiger partial charge in [0.25, 0.3) is 0 Å². The van der Waals surface area contributed by atoms with Crippen LogP contribution < -0.4 is 9.47 Å². The summed E-state index contributed by atoms with van der Waals surface area (Å²) in [4.78, 5) is 0. The molecular formula is C116H200O10. The van der Waals surface area contributed by atoms with E-state index < -0.39 is 0 Å².